The predicted octanol–water partition coefficient (Wildman–Crippen LogP) is 2.46. The van der Waals surface area contributed by atoms with E-state index in [1.165, 1.54) is 0 Å². The average molecular weight is 284 g/mol. The summed E-state index contributed by atoms with van der Waals surface area (Å²) in [5.41, 5.74) is -1.07. The minimum atomic E-state index is -3.87. The van der Waals surface area contributed by atoms with E-state index in [-0.39, 0.29) is 26.2 Å². The second kappa shape index (κ2) is 9.47. The number of ether oxygens (including phenoxy) is 1. The van der Waals surface area contributed by atoms with Gasteiger partial charge in [0.15, 0.2) is 5.66 Å². The van der Waals surface area contributed by atoms with E-state index < -0.39 is 19.2 Å². The molecule has 0 spiro atoms. The standard InChI is InChI=1S/C10H21O7P/c1-5-9(10(11)13-6-2)18(12,16-14-7-3)17-15-8-4/h9H,5-8H2,1-4H3. The Hall–Kier alpha value is -0.460. The molecule has 0 rings (SSSR count). The van der Waals surface area contributed by atoms with E-state index in [0.717, 1.165) is 0 Å². The minimum absolute atomic E-state index is 0.165. The van der Waals surface area contributed by atoms with Crippen LogP contribution in [0.2, 0.25) is 0 Å². The third-order valence-corrected chi connectivity index (χ3v) is 3.84. The van der Waals surface area contributed by atoms with Gasteiger partial charge in [-0.25, -0.2) is 9.78 Å². The Morgan fingerprint density at radius 2 is 1.50 bits per heavy atom. The van der Waals surface area contributed by atoms with Gasteiger partial charge in [-0.15, -0.1) is 9.35 Å². The number of hydrogen-bond acceptors (Lipinski definition) is 7. The first kappa shape index (κ1) is 17.5. The average Bonchev–Trinajstić information content (AvgIpc) is 2.35. The van der Waals surface area contributed by atoms with Crippen molar-refractivity contribution < 1.29 is 33.2 Å². The van der Waals surface area contributed by atoms with Gasteiger partial charge in [0, 0.05) is 0 Å². The smallest absolute Gasteiger partial charge is 0.398 e. The molecule has 8 heteroatoms. The van der Waals surface area contributed by atoms with Crippen molar-refractivity contribution in [3.8, 4) is 0 Å². The second-order valence-electron chi connectivity index (χ2n) is 3.18. The summed E-state index contributed by atoms with van der Waals surface area (Å²) < 4.78 is 26.6. The molecule has 7 nitrogen and oxygen atoms in total. The van der Waals surface area contributed by atoms with Crippen LogP contribution >= 0.6 is 7.60 Å². The van der Waals surface area contributed by atoms with Gasteiger partial charge in [-0.2, -0.15) is 0 Å². The molecule has 0 aromatic heterocycles. The molecule has 1 unspecified atom stereocenters. The lowest BCUT2D eigenvalue weighted by molar-refractivity contribution is -0.264. The SMILES string of the molecule is CCOOP(=O)(OOCC)C(CC)C(=O)OCC. The van der Waals surface area contributed by atoms with Gasteiger partial charge in [0.05, 0.1) is 19.8 Å². The Labute approximate surface area is 107 Å². The summed E-state index contributed by atoms with van der Waals surface area (Å²) in [6.07, 6.45) is 0.219. The predicted molar refractivity (Wildman–Crippen MR) is 63.7 cm³/mol. The van der Waals surface area contributed by atoms with E-state index in [2.05, 4.69) is 9.78 Å². The van der Waals surface area contributed by atoms with Crippen molar-refractivity contribution in [2.45, 2.75) is 39.8 Å². The lowest BCUT2D eigenvalue weighted by Crippen LogP contribution is -2.25. The molecule has 0 amide bonds. The van der Waals surface area contributed by atoms with Crippen LogP contribution in [0, 0.1) is 0 Å². The fourth-order valence-electron chi connectivity index (χ4n) is 1.13. The van der Waals surface area contributed by atoms with Crippen molar-refractivity contribution in [2.75, 3.05) is 19.8 Å². The topological polar surface area (TPSA) is 80.3 Å². The molecule has 0 aliphatic rings. The summed E-state index contributed by atoms with van der Waals surface area (Å²) in [5, 5.41) is 0. The maximum Gasteiger partial charge on any atom is 0.398 e. The quantitative estimate of drug-likeness (QED) is 0.264. The van der Waals surface area contributed by atoms with Crippen molar-refractivity contribution in [2.24, 2.45) is 0 Å². The van der Waals surface area contributed by atoms with Crippen LogP contribution in [-0.4, -0.2) is 31.4 Å². The van der Waals surface area contributed by atoms with Crippen LogP contribution in [0.4, 0.5) is 0 Å². The van der Waals surface area contributed by atoms with Crippen LogP contribution in [0.25, 0.3) is 0 Å². The summed E-state index contributed by atoms with van der Waals surface area (Å²) in [4.78, 5) is 20.9. The van der Waals surface area contributed by atoms with Crippen LogP contribution in [0.3, 0.4) is 0 Å². The Morgan fingerprint density at radius 1 is 1.00 bits per heavy atom. The van der Waals surface area contributed by atoms with Gasteiger partial charge in [0.1, 0.15) is 0 Å². The molecular weight excluding hydrogens is 263 g/mol. The van der Waals surface area contributed by atoms with E-state index in [9.17, 15) is 9.36 Å². The highest BCUT2D eigenvalue weighted by Crippen LogP contribution is 2.55. The van der Waals surface area contributed by atoms with Crippen molar-refractivity contribution >= 4 is 13.6 Å². The van der Waals surface area contributed by atoms with Gasteiger partial charge in [0.25, 0.3) is 0 Å². The van der Waals surface area contributed by atoms with E-state index in [4.69, 9.17) is 14.1 Å². The van der Waals surface area contributed by atoms with Crippen LogP contribution < -0.4 is 0 Å². The number of carbonyl (C=O) groups excluding carboxylic acids is 1. The lowest BCUT2D eigenvalue weighted by Gasteiger charge is -2.21. The lowest BCUT2D eigenvalue weighted by atomic mass is 10.3. The highest BCUT2D eigenvalue weighted by Gasteiger charge is 2.44. The van der Waals surface area contributed by atoms with Crippen molar-refractivity contribution in [1.82, 2.24) is 0 Å². The van der Waals surface area contributed by atoms with Gasteiger partial charge >= 0.3 is 13.6 Å². The summed E-state index contributed by atoms with van der Waals surface area (Å²) in [7, 11) is -3.87. The van der Waals surface area contributed by atoms with Gasteiger partial charge in [-0.3, -0.25) is 9.36 Å². The van der Waals surface area contributed by atoms with Crippen molar-refractivity contribution in [3.05, 3.63) is 0 Å². The maximum absolute atomic E-state index is 12.4. The third-order valence-electron chi connectivity index (χ3n) is 1.88. The normalized spacial score (nSPS) is 13.3. The number of rotatable bonds is 10. The van der Waals surface area contributed by atoms with Crippen molar-refractivity contribution in [3.63, 3.8) is 0 Å². The van der Waals surface area contributed by atoms with Gasteiger partial charge < -0.3 is 4.74 Å². The molecule has 0 fully saturated rings. The van der Waals surface area contributed by atoms with Gasteiger partial charge in [-0.1, -0.05) is 6.92 Å². The minimum Gasteiger partial charge on any atom is -0.465 e. The largest absolute Gasteiger partial charge is 0.465 e. The fraction of sp³-hybridized carbons (Fsp3) is 0.900. The molecular formula is C10H21O7P. The van der Waals surface area contributed by atoms with Crippen LogP contribution in [0.1, 0.15) is 34.1 Å². The summed E-state index contributed by atoms with van der Waals surface area (Å²) in [5.74, 6) is -0.664. The summed E-state index contributed by atoms with van der Waals surface area (Å²) in [6.45, 7) is 7.13. The zero-order valence-electron chi connectivity index (χ0n) is 11.2. The first-order valence-corrected chi connectivity index (χ1v) is 7.55. The van der Waals surface area contributed by atoms with E-state index >= 15 is 0 Å². The molecule has 1 atom stereocenters. The molecule has 0 aliphatic carbocycles. The molecule has 0 heterocycles. The van der Waals surface area contributed by atoms with Crippen molar-refractivity contribution in [1.29, 1.82) is 0 Å². The zero-order chi connectivity index (χ0) is 14.0. The van der Waals surface area contributed by atoms with E-state index in [0.29, 0.717) is 0 Å². The molecule has 0 saturated heterocycles. The highest BCUT2D eigenvalue weighted by molar-refractivity contribution is 7.55. The maximum atomic E-state index is 12.4. The van der Waals surface area contributed by atoms with Crippen LogP contribution in [-0.2, 0) is 33.2 Å². The second-order valence-corrected chi connectivity index (χ2v) is 5.18. The highest BCUT2D eigenvalue weighted by atomic mass is 31.2. The zero-order valence-corrected chi connectivity index (χ0v) is 12.1. The summed E-state index contributed by atoms with van der Waals surface area (Å²) >= 11 is 0. The molecule has 0 N–H and O–H groups in total. The van der Waals surface area contributed by atoms with Gasteiger partial charge in [-0.05, 0) is 27.2 Å². The number of carbonyl (C=O) groups is 1. The Balaban J connectivity index is 4.86. The first-order chi connectivity index (χ1) is 8.55. The number of hydrogen-bond donors (Lipinski definition) is 0. The molecule has 108 valence electrons. The third kappa shape index (κ3) is 5.46. The van der Waals surface area contributed by atoms with Crippen LogP contribution in [0.5, 0.6) is 0 Å². The molecule has 0 radical (unpaired) electrons. The first-order valence-electron chi connectivity index (χ1n) is 5.94. The number of esters is 1. The molecule has 0 bridgehead atoms. The molecule has 0 saturated carbocycles. The van der Waals surface area contributed by atoms with E-state index in [1.807, 2.05) is 0 Å². The van der Waals surface area contributed by atoms with Crippen LogP contribution in [0.15, 0.2) is 0 Å². The molecule has 0 aromatic rings. The molecule has 0 aromatic carbocycles. The summed E-state index contributed by atoms with van der Waals surface area (Å²) in [6, 6.07) is 0. The Morgan fingerprint density at radius 3 is 1.83 bits per heavy atom. The van der Waals surface area contributed by atoms with E-state index in [1.54, 1.807) is 27.7 Å². The fourth-order valence-corrected chi connectivity index (χ4v) is 2.64. The van der Waals surface area contributed by atoms with Gasteiger partial charge in [0.2, 0.25) is 0 Å². The Bertz CT molecular complexity index is 269. The molecule has 18 heavy (non-hydrogen) atoms. The monoisotopic (exact) mass is 284 g/mol. The Kier molecular flexibility index (Phi) is 9.23. The molecule has 0 aliphatic heterocycles.